The Morgan fingerprint density at radius 2 is 1.73 bits per heavy atom. The summed E-state index contributed by atoms with van der Waals surface area (Å²) in [6.07, 6.45) is 7.73. The molecule has 0 N–H and O–H groups in total. The van der Waals surface area contributed by atoms with E-state index in [0.717, 1.165) is 0 Å². The number of rotatable bonds is 6. The molecule has 0 heterocycles. The topological polar surface area (TPSA) is 0 Å². The molecule has 0 spiro atoms. The third kappa shape index (κ3) is 4.07. The van der Waals surface area contributed by atoms with Crippen molar-refractivity contribution in [1.82, 2.24) is 0 Å². The highest BCUT2D eigenvalue weighted by Gasteiger charge is 1.99. The lowest BCUT2D eigenvalue weighted by molar-refractivity contribution is 0.715. The largest absolute Gasteiger partial charge is 0.0654 e. The van der Waals surface area contributed by atoms with Gasteiger partial charge in [0.1, 0.15) is 0 Å². The molecule has 0 bridgehead atoms. The summed E-state index contributed by atoms with van der Waals surface area (Å²) in [6.45, 7) is 6.75. The summed E-state index contributed by atoms with van der Waals surface area (Å²) in [6, 6.07) is 7.00. The zero-order valence-electron chi connectivity index (χ0n) is 10.5. The van der Waals surface area contributed by atoms with Crippen molar-refractivity contribution in [3.63, 3.8) is 0 Å². The zero-order valence-corrected chi connectivity index (χ0v) is 10.5. The summed E-state index contributed by atoms with van der Waals surface area (Å²) in [7, 11) is 0. The average molecular weight is 204 g/mol. The maximum atomic E-state index is 2.37. The molecule has 0 aromatic heterocycles. The Morgan fingerprint density at radius 1 is 0.933 bits per heavy atom. The van der Waals surface area contributed by atoms with Crippen LogP contribution in [0.5, 0.6) is 0 Å². The van der Waals surface area contributed by atoms with Crippen LogP contribution >= 0.6 is 0 Å². The van der Waals surface area contributed by atoms with Gasteiger partial charge >= 0.3 is 0 Å². The summed E-state index contributed by atoms with van der Waals surface area (Å²) in [4.78, 5) is 0. The molecule has 0 fully saturated rings. The van der Waals surface area contributed by atoms with Gasteiger partial charge in [0.2, 0.25) is 0 Å². The molecule has 1 aromatic rings. The molecule has 0 aliphatic heterocycles. The molecule has 0 amide bonds. The van der Waals surface area contributed by atoms with E-state index in [9.17, 15) is 0 Å². The second kappa shape index (κ2) is 6.66. The Hall–Kier alpha value is -0.780. The van der Waals surface area contributed by atoms with Crippen LogP contribution in [0, 0.1) is 6.92 Å². The second-order valence-corrected chi connectivity index (χ2v) is 4.47. The maximum Gasteiger partial charge on any atom is -0.0276 e. The first-order valence-electron chi connectivity index (χ1n) is 6.36. The van der Waals surface area contributed by atoms with E-state index in [4.69, 9.17) is 0 Å². The smallest absolute Gasteiger partial charge is 0.0276 e. The molecular formula is C15H24. The molecule has 0 aliphatic carbocycles. The third-order valence-electron chi connectivity index (χ3n) is 3.00. The number of aryl methyl sites for hydroxylation is 3. The Kier molecular flexibility index (Phi) is 5.45. The minimum absolute atomic E-state index is 1.22. The summed E-state index contributed by atoms with van der Waals surface area (Å²) < 4.78 is 0. The quantitative estimate of drug-likeness (QED) is 0.590. The van der Waals surface area contributed by atoms with Gasteiger partial charge in [-0.15, -0.1) is 0 Å². The number of benzene rings is 1. The molecule has 0 nitrogen and oxygen atoms in total. The standard InChI is InChI=1S/C15H24/c1-4-6-7-9-15-11-10-14(8-5-2)12-13(15)3/h10-12H,4-9H2,1-3H3. The van der Waals surface area contributed by atoms with Crippen molar-refractivity contribution >= 4 is 0 Å². The fraction of sp³-hybridized carbons (Fsp3) is 0.600. The van der Waals surface area contributed by atoms with Crippen molar-refractivity contribution in [2.45, 2.75) is 59.3 Å². The van der Waals surface area contributed by atoms with Crippen molar-refractivity contribution in [3.8, 4) is 0 Å². The van der Waals surface area contributed by atoms with Crippen LogP contribution in [0.4, 0.5) is 0 Å². The van der Waals surface area contributed by atoms with E-state index in [1.807, 2.05) is 0 Å². The van der Waals surface area contributed by atoms with Crippen LogP contribution in [0.3, 0.4) is 0 Å². The minimum Gasteiger partial charge on any atom is -0.0654 e. The number of hydrogen-bond acceptors (Lipinski definition) is 0. The van der Waals surface area contributed by atoms with E-state index in [-0.39, 0.29) is 0 Å². The lowest BCUT2D eigenvalue weighted by atomic mass is 9.98. The Balaban J connectivity index is 2.58. The van der Waals surface area contributed by atoms with Gasteiger partial charge in [0.25, 0.3) is 0 Å². The highest BCUT2D eigenvalue weighted by atomic mass is 14.0. The van der Waals surface area contributed by atoms with E-state index < -0.39 is 0 Å². The first-order chi connectivity index (χ1) is 7.27. The van der Waals surface area contributed by atoms with Gasteiger partial charge < -0.3 is 0 Å². The molecule has 84 valence electrons. The second-order valence-electron chi connectivity index (χ2n) is 4.47. The predicted octanol–water partition coefficient (Wildman–Crippen LogP) is 4.68. The van der Waals surface area contributed by atoms with Crippen LogP contribution < -0.4 is 0 Å². The fourth-order valence-corrected chi connectivity index (χ4v) is 2.05. The van der Waals surface area contributed by atoms with Crippen molar-refractivity contribution in [2.24, 2.45) is 0 Å². The zero-order chi connectivity index (χ0) is 11.1. The van der Waals surface area contributed by atoms with E-state index in [1.165, 1.54) is 49.7 Å². The molecule has 0 saturated carbocycles. The lowest BCUT2D eigenvalue weighted by Gasteiger charge is -2.07. The predicted molar refractivity (Wildman–Crippen MR) is 68.4 cm³/mol. The normalized spacial score (nSPS) is 10.6. The number of unbranched alkanes of at least 4 members (excludes halogenated alkanes) is 2. The maximum absolute atomic E-state index is 2.37. The van der Waals surface area contributed by atoms with Crippen molar-refractivity contribution < 1.29 is 0 Å². The van der Waals surface area contributed by atoms with Crippen molar-refractivity contribution in [2.75, 3.05) is 0 Å². The molecule has 0 atom stereocenters. The van der Waals surface area contributed by atoms with E-state index in [0.29, 0.717) is 0 Å². The molecule has 0 saturated heterocycles. The number of hydrogen-bond donors (Lipinski definition) is 0. The SMILES string of the molecule is CCCCCc1ccc(CCC)cc1C. The highest BCUT2D eigenvalue weighted by Crippen LogP contribution is 2.15. The first kappa shape index (κ1) is 12.3. The molecule has 1 rings (SSSR count). The van der Waals surface area contributed by atoms with Crippen LogP contribution in [0.1, 0.15) is 56.2 Å². The summed E-state index contributed by atoms with van der Waals surface area (Å²) in [5, 5.41) is 0. The van der Waals surface area contributed by atoms with Gasteiger partial charge in [0.05, 0.1) is 0 Å². The van der Waals surface area contributed by atoms with E-state index in [2.05, 4.69) is 39.0 Å². The van der Waals surface area contributed by atoms with E-state index in [1.54, 1.807) is 5.56 Å². The molecule has 0 aliphatic rings. The van der Waals surface area contributed by atoms with E-state index >= 15 is 0 Å². The van der Waals surface area contributed by atoms with Gasteiger partial charge in [-0.2, -0.15) is 0 Å². The molecule has 15 heavy (non-hydrogen) atoms. The lowest BCUT2D eigenvalue weighted by Crippen LogP contribution is -1.92. The minimum atomic E-state index is 1.22. The molecule has 0 radical (unpaired) electrons. The van der Waals surface area contributed by atoms with Gasteiger partial charge in [0, 0.05) is 0 Å². The van der Waals surface area contributed by atoms with Gasteiger partial charge in [-0.3, -0.25) is 0 Å². The Bertz CT molecular complexity index is 286. The van der Waals surface area contributed by atoms with Gasteiger partial charge in [-0.25, -0.2) is 0 Å². The van der Waals surface area contributed by atoms with Crippen LogP contribution in [0.2, 0.25) is 0 Å². The summed E-state index contributed by atoms with van der Waals surface area (Å²) in [5.41, 5.74) is 4.52. The van der Waals surface area contributed by atoms with Gasteiger partial charge in [-0.05, 0) is 42.9 Å². The fourth-order valence-electron chi connectivity index (χ4n) is 2.05. The molecule has 0 unspecified atom stereocenters. The first-order valence-corrected chi connectivity index (χ1v) is 6.36. The van der Waals surface area contributed by atoms with Crippen LogP contribution in [0.15, 0.2) is 18.2 Å². The highest BCUT2D eigenvalue weighted by molar-refractivity contribution is 5.31. The third-order valence-corrected chi connectivity index (χ3v) is 3.00. The summed E-state index contributed by atoms with van der Waals surface area (Å²) >= 11 is 0. The van der Waals surface area contributed by atoms with Crippen LogP contribution in [0.25, 0.3) is 0 Å². The monoisotopic (exact) mass is 204 g/mol. The molecular weight excluding hydrogens is 180 g/mol. The van der Waals surface area contributed by atoms with Gasteiger partial charge in [0.15, 0.2) is 0 Å². The molecule has 0 heteroatoms. The van der Waals surface area contributed by atoms with Crippen LogP contribution in [-0.2, 0) is 12.8 Å². The van der Waals surface area contributed by atoms with Gasteiger partial charge in [-0.1, -0.05) is 51.3 Å². The average Bonchev–Trinajstić information content (AvgIpc) is 2.22. The van der Waals surface area contributed by atoms with Crippen LogP contribution in [-0.4, -0.2) is 0 Å². The van der Waals surface area contributed by atoms with Crippen molar-refractivity contribution in [1.29, 1.82) is 0 Å². The van der Waals surface area contributed by atoms with Crippen molar-refractivity contribution in [3.05, 3.63) is 34.9 Å². The Labute approximate surface area is 94.7 Å². The molecule has 1 aromatic carbocycles. The Morgan fingerprint density at radius 3 is 2.33 bits per heavy atom. The summed E-state index contributed by atoms with van der Waals surface area (Å²) in [5.74, 6) is 0.